The van der Waals surface area contributed by atoms with Crippen molar-refractivity contribution in [2.75, 3.05) is 19.4 Å². The maximum absolute atomic E-state index is 11.9. The smallest absolute Gasteiger partial charge is 0.321 e. The first kappa shape index (κ1) is 19.1. The molecule has 0 saturated heterocycles. The molecule has 3 N–H and O–H groups in total. The number of hydrogen-bond acceptors (Lipinski definition) is 7. The van der Waals surface area contributed by atoms with Crippen molar-refractivity contribution >= 4 is 33.9 Å². The third kappa shape index (κ3) is 3.25. The third-order valence-electron chi connectivity index (χ3n) is 4.87. The second kappa shape index (κ2) is 7.44. The number of carbonyl (C=O) groups excluding carboxylic acids is 1. The van der Waals surface area contributed by atoms with Crippen LogP contribution in [0.2, 0.25) is 0 Å². The number of nitrogens with one attached hydrogen (secondary N) is 3. The van der Waals surface area contributed by atoms with E-state index >= 15 is 0 Å². The van der Waals surface area contributed by atoms with E-state index in [1.54, 1.807) is 44.9 Å². The Bertz CT molecular complexity index is 1520. The van der Waals surface area contributed by atoms with Gasteiger partial charge in [0.15, 0.2) is 17.1 Å². The number of fused-ring (bicyclic) bond motifs is 2. The second-order valence-corrected chi connectivity index (χ2v) is 7.23. The number of nitriles is 1. The van der Waals surface area contributed by atoms with E-state index in [4.69, 9.17) is 0 Å². The first-order valence-corrected chi connectivity index (χ1v) is 9.56. The summed E-state index contributed by atoms with van der Waals surface area (Å²) in [7, 11) is 3.33. The minimum absolute atomic E-state index is 0.245. The molecule has 156 valence electrons. The zero-order valence-electron chi connectivity index (χ0n) is 17.1. The van der Waals surface area contributed by atoms with E-state index in [0.717, 1.165) is 16.5 Å². The number of H-pyrrole nitrogens is 2. The summed E-state index contributed by atoms with van der Waals surface area (Å²) in [5.74, 6) is 0.477. The number of aromatic amines is 2. The number of hydrogen-bond donors (Lipinski definition) is 3. The number of amides is 2. The molecule has 0 spiro atoms. The lowest BCUT2D eigenvalue weighted by Gasteiger charge is -2.12. The normalized spacial score (nSPS) is 10.9. The second-order valence-electron chi connectivity index (χ2n) is 7.23. The summed E-state index contributed by atoms with van der Waals surface area (Å²) in [6.45, 7) is 0. The van der Waals surface area contributed by atoms with E-state index in [9.17, 15) is 10.1 Å². The molecule has 0 atom stereocenters. The highest BCUT2D eigenvalue weighted by atomic mass is 16.2. The van der Waals surface area contributed by atoms with Gasteiger partial charge in [-0.05, 0) is 18.2 Å². The topological polar surface area (TPSA) is 152 Å². The van der Waals surface area contributed by atoms with Crippen molar-refractivity contribution in [3.05, 3.63) is 48.5 Å². The monoisotopic (exact) mass is 424 g/mol. The third-order valence-corrected chi connectivity index (χ3v) is 4.87. The minimum atomic E-state index is -0.245. The number of imidazole rings is 1. The Kier molecular flexibility index (Phi) is 4.45. The molecule has 0 radical (unpaired) electrons. The summed E-state index contributed by atoms with van der Waals surface area (Å²) < 4.78 is 0. The van der Waals surface area contributed by atoms with Gasteiger partial charge in [-0.25, -0.2) is 19.7 Å². The van der Waals surface area contributed by atoms with E-state index < -0.39 is 0 Å². The number of anilines is 1. The summed E-state index contributed by atoms with van der Waals surface area (Å²) in [4.78, 5) is 34.0. The molecule has 0 aromatic carbocycles. The zero-order valence-corrected chi connectivity index (χ0v) is 17.1. The SMILES string of the molecule is CN(C)C(=O)Nc1cncc(-c2cnc3[nH]nc(-c4nc5c(C#N)ccnc5[nH]4)c3c2)c1. The summed E-state index contributed by atoms with van der Waals surface area (Å²) in [6, 6.07) is 7.23. The van der Waals surface area contributed by atoms with E-state index in [1.807, 2.05) is 12.1 Å². The molecule has 0 fully saturated rings. The summed E-state index contributed by atoms with van der Waals surface area (Å²) >= 11 is 0. The van der Waals surface area contributed by atoms with Gasteiger partial charge in [0.1, 0.15) is 17.3 Å². The van der Waals surface area contributed by atoms with Crippen molar-refractivity contribution in [3.8, 4) is 28.7 Å². The van der Waals surface area contributed by atoms with Crippen LogP contribution in [0.4, 0.5) is 10.5 Å². The number of aromatic nitrogens is 7. The molecule has 32 heavy (non-hydrogen) atoms. The first-order valence-electron chi connectivity index (χ1n) is 9.56. The highest BCUT2D eigenvalue weighted by Gasteiger charge is 2.16. The maximum Gasteiger partial charge on any atom is 0.321 e. The first-order chi connectivity index (χ1) is 15.5. The van der Waals surface area contributed by atoms with Crippen molar-refractivity contribution < 1.29 is 4.79 Å². The molecule has 0 saturated carbocycles. The van der Waals surface area contributed by atoms with Crippen LogP contribution < -0.4 is 5.32 Å². The average Bonchev–Trinajstić information content (AvgIpc) is 3.42. The van der Waals surface area contributed by atoms with Gasteiger partial charge in [0.25, 0.3) is 0 Å². The Labute approximate surface area is 181 Å². The molecule has 0 aliphatic carbocycles. The fourth-order valence-electron chi connectivity index (χ4n) is 3.26. The Morgan fingerprint density at radius 2 is 1.97 bits per heavy atom. The Morgan fingerprint density at radius 1 is 1.12 bits per heavy atom. The van der Waals surface area contributed by atoms with Gasteiger partial charge in [0.2, 0.25) is 0 Å². The molecule has 2 amide bonds. The molecule has 0 aliphatic rings. The van der Waals surface area contributed by atoms with E-state index in [2.05, 4.69) is 46.5 Å². The van der Waals surface area contributed by atoms with Crippen LogP contribution in [-0.4, -0.2) is 60.1 Å². The molecule has 5 aromatic rings. The molecular formula is C21H16N10O. The van der Waals surface area contributed by atoms with Crippen molar-refractivity contribution in [1.82, 2.24) is 40.0 Å². The van der Waals surface area contributed by atoms with E-state index in [1.165, 1.54) is 4.90 Å². The van der Waals surface area contributed by atoms with Gasteiger partial charge in [-0.3, -0.25) is 10.1 Å². The molecule has 11 heteroatoms. The largest absolute Gasteiger partial charge is 0.331 e. The van der Waals surface area contributed by atoms with Gasteiger partial charge in [-0.1, -0.05) is 0 Å². The van der Waals surface area contributed by atoms with Crippen LogP contribution in [0.25, 0.3) is 44.8 Å². The number of pyridine rings is 3. The highest BCUT2D eigenvalue weighted by molar-refractivity contribution is 5.94. The van der Waals surface area contributed by atoms with Crippen LogP contribution in [-0.2, 0) is 0 Å². The van der Waals surface area contributed by atoms with Gasteiger partial charge < -0.3 is 15.2 Å². The predicted octanol–water partition coefficient (Wildman–Crippen LogP) is 2.92. The van der Waals surface area contributed by atoms with Crippen LogP contribution in [0.3, 0.4) is 0 Å². The quantitative estimate of drug-likeness (QED) is 0.402. The molecule has 0 bridgehead atoms. The molecule has 5 heterocycles. The predicted molar refractivity (Wildman–Crippen MR) is 117 cm³/mol. The summed E-state index contributed by atoms with van der Waals surface area (Å²) in [5, 5.41) is 20.1. The van der Waals surface area contributed by atoms with Crippen molar-refractivity contribution in [3.63, 3.8) is 0 Å². The van der Waals surface area contributed by atoms with E-state index in [-0.39, 0.29) is 6.03 Å². The average molecular weight is 424 g/mol. The van der Waals surface area contributed by atoms with Crippen molar-refractivity contribution in [2.24, 2.45) is 0 Å². The molecule has 11 nitrogen and oxygen atoms in total. The van der Waals surface area contributed by atoms with Gasteiger partial charge in [0, 0.05) is 43.8 Å². The lowest BCUT2D eigenvalue weighted by Crippen LogP contribution is -2.27. The van der Waals surface area contributed by atoms with Gasteiger partial charge in [0.05, 0.1) is 22.8 Å². The fourth-order valence-corrected chi connectivity index (χ4v) is 3.26. The molecule has 0 aliphatic heterocycles. The van der Waals surface area contributed by atoms with Gasteiger partial charge in [-0.2, -0.15) is 10.4 Å². The van der Waals surface area contributed by atoms with Crippen LogP contribution in [0.15, 0.2) is 43.0 Å². The Hall–Kier alpha value is -4.85. The van der Waals surface area contributed by atoms with Crippen LogP contribution in [0.5, 0.6) is 0 Å². The number of carbonyl (C=O) groups is 1. The standard InChI is InChI=1S/C21H16N10O/c1-31(2)21(32)26-14-5-12(8-23-10-14)13-6-15-17(29-30-18(15)25-9-13)20-27-16-11(7-22)3-4-24-19(16)28-20/h3-6,8-10H,1-2H3,(H,26,32)(H,24,27,28)(H,25,29,30). The van der Waals surface area contributed by atoms with E-state index in [0.29, 0.717) is 39.6 Å². The number of rotatable bonds is 3. The van der Waals surface area contributed by atoms with Crippen LogP contribution in [0.1, 0.15) is 5.56 Å². The number of nitrogens with zero attached hydrogens (tertiary/aromatic N) is 7. The molecule has 5 rings (SSSR count). The molecule has 0 unspecified atom stereocenters. The lowest BCUT2D eigenvalue weighted by molar-refractivity contribution is 0.230. The van der Waals surface area contributed by atoms with Crippen molar-refractivity contribution in [1.29, 1.82) is 5.26 Å². The maximum atomic E-state index is 11.9. The highest BCUT2D eigenvalue weighted by Crippen LogP contribution is 2.29. The Balaban J connectivity index is 1.57. The van der Waals surface area contributed by atoms with Gasteiger partial charge >= 0.3 is 6.03 Å². The molecular weight excluding hydrogens is 408 g/mol. The summed E-state index contributed by atoms with van der Waals surface area (Å²) in [6.07, 6.45) is 6.53. The summed E-state index contributed by atoms with van der Waals surface area (Å²) in [5.41, 5.74) is 4.71. The van der Waals surface area contributed by atoms with Gasteiger partial charge in [-0.15, -0.1) is 0 Å². The minimum Gasteiger partial charge on any atom is -0.331 e. The van der Waals surface area contributed by atoms with Crippen molar-refractivity contribution in [2.45, 2.75) is 0 Å². The van der Waals surface area contributed by atoms with Crippen LogP contribution >= 0.6 is 0 Å². The lowest BCUT2D eigenvalue weighted by atomic mass is 10.1. The number of urea groups is 1. The Morgan fingerprint density at radius 3 is 2.78 bits per heavy atom. The van der Waals surface area contributed by atoms with Crippen LogP contribution in [0, 0.1) is 11.3 Å². The fraction of sp³-hybridized carbons (Fsp3) is 0.0952. The molecule has 5 aromatic heterocycles. The zero-order chi connectivity index (χ0) is 22.2.